The van der Waals surface area contributed by atoms with Crippen molar-refractivity contribution >= 4 is 39.8 Å². The predicted octanol–water partition coefficient (Wildman–Crippen LogP) is 7.71. The molecule has 0 saturated heterocycles. The number of ether oxygens (including phenoxy) is 1. The van der Waals surface area contributed by atoms with E-state index in [1.165, 1.54) is 62.3 Å². The zero-order valence-electron chi connectivity index (χ0n) is 21.9. The Morgan fingerprint density at radius 3 is 2.43 bits per heavy atom. The van der Waals surface area contributed by atoms with Gasteiger partial charge in [0.2, 0.25) is 0 Å². The van der Waals surface area contributed by atoms with E-state index in [1.54, 1.807) is 6.20 Å². The molecule has 1 amide bonds. The highest BCUT2D eigenvalue weighted by atomic mass is 32.2. The number of amides is 1. The van der Waals surface area contributed by atoms with Crippen molar-refractivity contribution in [3.63, 3.8) is 0 Å². The molecule has 0 bridgehead atoms. The van der Waals surface area contributed by atoms with Crippen molar-refractivity contribution in [2.24, 2.45) is 16.6 Å². The van der Waals surface area contributed by atoms with Gasteiger partial charge < -0.3 is 10.5 Å². The van der Waals surface area contributed by atoms with E-state index in [0.29, 0.717) is 16.0 Å². The number of carbonyl (C=O) groups excluding carboxylic acids is 1. The molecule has 0 atom stereocenters. The van der Waals surface area contributed by atoms with Crippen LogP contribution in [0.15, 0.2) is 70.7 Å². The van der Waals surface area contributed by atoms with Crippen molar-refractivity contribution in [3.05, 3.63) is 76.8 Å². The summed E-state index contributed by atoms with van der Waals surface area (Å²) in [5.74, 6) is 2.12. The first-order valence-corrected chi connectivity index (χ1v) is 14.3. The van der Waals surface area contributed by atoms with E-state index in [0.717, 1.165) is 34.7 Å². The van der Waals surface area contributed by atoms with Crippen LogP contribution in [-0.4, -0.2) is 22.7 Å². The number of rotatable bonds is 5. The molecule has 6 heteroatoms. The topological polar surface area (TPSA) is 77.6 Å². The maximum Gasteiger partial charge on any atom is 0.286 e. The second kappa shape index (κ2) is 13.4. The van der Waals surface area contributed by atoms with E-state index in [1.807, 2.05) is 44.2 Å². The van der Waals surface area contributed by atoms with Crippen LogP contribution in [-0.2, 0) is 4.79 Å². The maximum absolute atomic E-state index is 11.8. The Kier molecular flexibility index (Phi) is 9.78. The quantitative estimate of drug-likeness (QED) is 0.352. The molecule has 2 aromatic carbocycles. The van der Waals surface area contributed by atoms with Gasteiger partial charge in [-0.2, -0.15) is 4.99 Å². The molecule has 6 rings (SSSR count). The minimum Gasteiger partial charge on any atom is -0.493 e. The van der Waals surface area contributed by atoms with Crippen LogP contribution < -0.4 is 10.5 Å². The highest BCUT2D eigenvalue weighted by Crippen LogP contribution is 2.39. The smallest absolute Gasteiger partial charge is 0.286 e. The van der Waals surface area contributed by atoms with Crippen LogP contribution in [0.1, 0.15) is 75.8 Å². The van der Waals surface area contributed by atoms with Crippen LogP contribution in [0.4, 0.5) is 0 Å². The van der Waals surface area contributed by atoms with Crippen molar-refractivity contribution in [1.82, 2.24) is 4.98 Å². The van der Waals surface area contributed by atoms with Gasteiger partial charge in [0.15, 0.2) is 5.17 Å². The average Bonchev–Trinajstić information content (AvgIpc) is 3.75. The van der Waals surface area contributed by atoms with Crippen molar-refractivity contribution in [2.75, 3.05) is 6.61 Å². The maximum atomic E-state index is 11.8. The Labute approximate surface area is 224 Å². The van der Waals surface area contributed by atoms with Gasteiger partial charge in [-0.3, -0.25) is 9.78 Å². The standard InChI is InChI=1S/C20H21N3O2S.C9H10.C2H6/c21-20-23-19(24)18(26-20)11-14-6-7-16-15(10-14)17(8-9-22-16)25-12-13-4-2-1-3-5-13;1-2-4-8(5-3-1)9-6-7-9;1-2/h6-11,13H,1-5,12H2,(H2,21,23,24);1-5,9H,6-7H2;1-2H3/b18-11-;;. The molecule has 2 aliphatic carbocycles. The van der Waals surface area contributed by atoms with Crippen molar-refractivity contribution in [3.8, 4) is 5.75 Å². The van der Waals surface area contributed by atoms with E-state index in [4.69, 9.17) is 10.5 Å². The first kappa shape index (κ1) is 26.9. The van der Waals surface area contributed by atoms with Crippen LogP contribution in [0.5, 0.6) is 5.75 Å². The molecule has 5 nitrogen and oxygen atoms in total. The van der Waals surface area contributed by atoms with Crippen LogP contribution >= 0.6 is 11.8 Å². The lowest BCUT2D eigenvalue weighted by Gasteiger charge is -2.22. The number of benzene rings is 2. The Bertz CT molecular complexity index is 1250. The minimum absolute atomic E-state index is 0.285. The van der Waals surface area contributed by atoms with Gasteiger partial charge in [-0.05, 0) is 84.7 Å². The fraction of sp³-hybridized carbons (Fsp3) is 0.387. The SMILES string of the molecule is CC.NC1=NC(=O)/C(=C/c2ccc3nccc(OCC4CCCCC4)c3c2)S1.c1ccc(C2CC2)cc1. The second-order valence-corrected chi connectivity index (χ2v) is 10.5. The van der Waals surface area contributed by atoms with E-state index < -0.39 is 0 Å². The van der Waals surface area contributed by atoms with Crippen LogP contribution in [0.2, 0.25) is 0 Å². The van der Waals surface area contributed by atoms with Gasteiger partial charge in [0.1, 0.15) is 5.75 Å². The van der Waals surface area contributed by atoms with E-state index in [2.05, 4.69) is 40.3 Å². The summed E-state index contributed by atoms with van der Waals surface area (Å²) in [7, 11) is 0. The molecule has 3 aliphatic rings. The number of aromatic nitrogens is 1. The first-order valence-electron chi connectivity index (χ1n) is 13.5. The normalized spacial score (nSPS) is 18.5. The summed E-state index contributed by atoms with van der Waals surface area (Å²) < 4.78 is 6.15. The number of hydrogen-bond acceptors (Lipinski definition) is 5. The first-order chi connectivity index (χ1) is 18.2. The number of hydrogen-bond donors (Lipinski definition) is 1. The molecular weight excluding hydrogens is 478 g/mol. The van der Waals surface area contributed by atoms with Crippen molar-refractivity contribution in [1.29, 1.82) is 0 Å². The monoisotopic (exact) mass is 515 g/mol. The second-order valence-electron chi connectivity index (χ2n) is 9.45. The lowest BCUT2D eigenvalue weighted by atomic mass is 9.90. The fourth-order valence-corrected chi connectivity index (χ4v) is 5.32. The molecule has 2 N–H and O–H groups in total. The Morgan fingerprint density at radius 2 is 1.76 bits per heavy atom. The minimum atomic E-state index is -0.285. The molecule has 2 heterocycles. The van der Waals surface area contributed by atoms with Gasteiger partial charge >= 0.3 is 0 Å². The molecule has 194 valence electrons. The van der Waals surface area contributed by atoms with Gasteiger partial charge in [-0.15, -0.1) is 0 Å². The molecule has 1 aromatic heterocycles. The average molecular weight is 516 g/mol. The molecular formula is C31H37N3O2S. The van der Waals surface area contributed by atoms with Crippen molar-refractivity contribution in [2.45, 2.75) is 64.7 Å². The molecule has 3 aromatic rings. The molecule has 1 aliphatic heterocycles. The number of thioether (sulfide) groups is 1. The predicted molar refractivity (Wildman–Crippen MR) is 156 cm³/mol. The number of pyridine rings is 1. The highest BCUT2D eigenvalue weighted by Gasteiger charge is 2.22. The summed E-state index contributed by atoms with van der Waals surface area (Å²) in [5.41, 5.74) is 8.94. The summed E-state index contributed by atoms with van der Waals surface area (Å²) in [6.45, 7) is 4.75. The van der Waals surface area contributed by atoms with Crippen LogP contribution in [0.25, 0.3) is 17.0 Å². The summed E-state index contributed by atoms with van der Waals surface area (Å²) in [6, 6.07) is 18.6. The number of fused-ring (bicyclic) bond motifs is 1. The summed E-state index contributed by atoms with van der Waals surface area (Å²) in [6.07, 6.45) is 12.9. The third-order valence-corrected chi connectivity index (χ3v) is 7.52. The Balaban J connectivity index is 0.000000242. The molecule has 2 fully saturated rings. The van der Waals surface area contributed by atoms with Gasteiger partial charge in [0.25, 0.3) is 5.91 Å². The molecule has 0 spiro atoms. The third-order valence-electron chi connectivity index (χ3n) is 6.71. The van der Waals surface area contributed by atoms with Crippen LogP contribution in [0.3, 0.4) is 0 Å². The van der Waals surface area contributed by atoms with E-state index in [9.17, 15) is 4.79 Å². The van der Waals surface area contributed by atoms with Crippen molar-refractivity contribution < 1.29 is 9.53 Å². The van der Waals surface area contributed by atoms with Gasteiger partial charge in [-0.25, -0.2) is 0 Å². The lowest BCUT2D eigenvalue weighted by Crippen LogP contribution is -2.15. The molecule has 0 unspecified atom stereocenters. The van der Waals surface area contributed by atoms with Gasteiger partial charge in [0, 0.05) is 11.6 Å². The van der Waals surface area contributed by atoms with Crippen LogP contribution in [0, 0.1) is 5.92 Å². The number of carbonyl (C=O) groups is 1. The molecule has 37 heavy (non-hydrogen) atoms. The third kappa shape index (κ3) is 7.68. The Morgan fingerprint density at radius 1 is 1.00 bits per heavy atom. The summed E-state index contributed by atoms with van der Waals surface area (Å²) >= 11 is 1.20. The number of nitrogens with two attached hydrogens (primary N) is 1. The van der Waals surface area contributed by atoms with Gasteiger partial charge in [-0.1, -0.05) is 69.5 Å². The molecule has 2 saturated carbocycles. The fourth-order valence-electron chi connectivity index (χ4n) is 4.63. The van der Waals surface area contributed by atoms with E-state index in [-0.39, 0.29) is 5.91 Å². The summed E-state index contributed by atoms with van der Waals surface area (Å²) in [5, 5.41) is 1.25. The highest BCUT2D eigenvalue weighted by molar-refractivity contribution is 8.18. The zero-order valence-corrected chi connectivity index (χ0v) is 22.7. The number of aliphatic imine (C=N–C) groups is 1. The van der Waals surface area contributed by atoms with E-state index >= 15 is 0 Å². The number of nitrogens with zero attached hydrogens (tertiary/aromatic N) is 2. The summed E-state index contributed by atoms with van der Waals surface area (Å²) in [4.78, 5) is 20.5. The largest absolute Gasteiger partial charge is 0.493 e. The molecule has 0 radical (unpaired) electrons. The zero-order chi connectivity index (χ0) is 26.0. The van der Waals surface area contributed by atoms with Gasteiger partial charge in [0.05, 0.1) is 17.0 Å². The Hall–Kier alpha value is -3.12. The lowest BCUT2D eigenvalue weighted by molar-refractivity contribution is -0.113. The number of amidine groups is 1.